The molecule has 0 aliphatic rings. The number of terminal acetylenes is 1. The van der Waals surface area contributed by atoms with Crippen LogP contribution in [0.15, 0.2) is 46.8 Å². The lowest BCUT2D eigenvalue weighted by Gasteiger charge is -2.13. The molecule has 1 aromatic heterocycles. The Morgan fingerprint density at radius 2 is 2.04 bits per heavy atom. The van der Waals surface area contributed by atoms with Crippen molar-refractivity contribution < 1.29 is 4.74 Å². The largest absolute Gasteiger partial charge is 0.491 e. The molecule has 0 fully saturated rings. The molecule has 0 spiro atoms. The Kier molecular flexibility index (Phi) is 10.0. The molecular formula is C19H24IN3OS. The SMILES string of the molecule is C#CCNC(=NCCc1cccs1)Nc1ccc(OC(C)C)cc1.I. The lowest BCUT2D eigenvalue weighted by molar-refractivity contribution is 0.242. The molecule has 0 unspecified atom stereocenters. The molecule has 0 saturated heterocycles. The topological polar surface area (TPSA) is 45.7 Å². The van der Waals surface area contributed by atoms with Gasteiger partial charge >= 0.3 is 0 Å². The molecule has 0 radical (unpaired) electrons. The van der Waals surface area contributed by atoms with Crippen molar-refractivity contribution in [3.63, 3.8) is 0 Å². The highest BCUT2D eigenvalue weighted by atomic mass is 127. The predicted molar refractivity (Wildman–Crippen MR) is 118 cm³/mol. The van der Waals surface area contributed by atoms with Crippen molar-refractivity contribution in [1.29, 1.82) is 0 Å². The number of hydrogen-bond acceptors (Lipinski definition) is 3. The molecule has 0 atom stereocenters. The number of nitrogens with zero attached hydrogens (tertiary/aromatic N) is 1. The van der Waals surface area contributed by atoms with E-state index in [0.29, 0.717) is 19.0 Å². The van der Waals surface area contributed by atoms with Crippen molar-refractivity contribution in [2.24, 2.45) is 4.99 Å². The normalized spacial score (nSPS) is 10.7. The number of hydrogen-bond donors (Lipinski definition) is 2. The number of ether oxygens (including phenoxy) is 1. The fourth-order valence-corrected chi connectivity index (χ4v) is 2.73. The minimum absolute atomic E-state index is 0. The van der Waals surface area contributed by atoms with E-state index in [1.807, 2.05) is 38.1 Å². The minimum Gasteiger partial charge on any atom is -0.491 e. The van der Waals surface area contributed by atoms with Gasteiger partial charge in [0.15, 0.2) is 5.96 Å². The first kappa shape index (κ1) is 21.3. The first-order valence-corrected chi connectivity index (χ1v) is 8.83. The van der Waals surface area contributed by atoms with Crippen LogP contribution in [0.2, 0.25) is 0 Å². The maximum absolute atomic E-state index is 5.65. The number of thiophene rings is 1. The van der Waals surface area contributed by atoms with E-state index < -0.39 is 0 Å². The zero-order valence-electron chi connectivity index (χ0n) is 14.5. The predicted octanol–water partition coefficient (Wildman–Crippen LogP) is 4.39. The van der Waals surface area contributed by atoms with E-state index in [1.54, 1.807) is 11.3 Å². The Balaban J connectivity index is 0.00000312. The summed E-state index contributed by atoms with van der Waals surface area (Å²) in [4.78, 5) is 5.90. The van der Waals surface area contributed by atoms with Crippen LogP contribution >= 0.6 is 35.3 Å². The third-order valence-corrected chi connectivity index (χ3v) is 3.99. The maximum atomic E-state index is 5.65. The van der Waals surface area contributed by atoms with Crippen molar-refractivity contribution >= 4 is 47.0 Å². The van der Waals surface area contributed by atoms with E-state index in [-0.39, 0.29) is 30.1 Å². The van der Waals surface area contributed by atoms with Gasteiger partial charge in [-0.3, -0.25) is 4.99 Å². The number of aliphatic imine (C=N–C) groups is 1. The van der Waals surface area contributed by atoms with E-state index in [4.69, 9.17) is 11.2 Å². The van der Waals surface area contributed by atoms with E-state index in [1.165, 1.54) is 4.88 Å². The van der Waals surface area contributed by atoms with Gasteiger partial charge in [-0.15, -0.1) is 41.7 Å². The third kappa shape index (κ3) is 8.27. The van der Waals surface area contributed by atoms with Crippen LogP contribution in [0, 0.1) is 12.3 Å². The highest BCUT2D eigenvalue weighted by Crippen LogP contribution is 2.17. The van der Waals surface area contributed by atoms with Gasteiger partial charge in [0.1, 0.15) is 5.75 Å². The van der Waals surface area contributed by atoms with Gasteiger partial charge < -0.3 is 15.4 Å². The molecule has 0 bridgehead atoms. The smallest absolute Gasteiger partial charge is 0.196 e. The van der Waals surface area contributed by atoms with E-state index in [2.05, 4.69) is 39.1 Å². The molecule has 134 valence electrons. The van der Waals surface area contributed by atoms with E-state index in [9.17, 15) is 0 Å². The van der Waals surface area contributed by atoms with Gasteiger partial charge in [-0.25, -0.2) is 0 Å². The molecule has 0 aliphatic heterocycles. The van der Waals surface area contributed by atoms with Crippen LogP contribution in [-0.2, 0) is 6.42 Å². The molecule has 25 heavy (non-hydrogen) atoms. The van der Waals surface area contributed by atoms with Gasteiger partial charge in [-0.05, 0) is 49.6 Å². The second-order valence-corrected chi connectivity index (χ2v) is 6.47. The van der Waals surface area contributed by atoms with Crippen LogP contribution in [0.5, 0.6) is 5.75 Å². The summed E-state index contributed by atoms with van der Waals surface area (Å²) in [5.74, 6) is 4.10. The molecular weight excluding hydrogens is 445 g/mol. The minimum atomic E-state index is 0. The highest BCUT2D eigenvalue weighted by Gasteiger charge is 2.02. The second kappa shape index (κ2) is 11.8. The molecule has 6 heteroatoms. The van der Waals surface area contributed by atoms with Crippen molar-refractivity contribution in [2.45, 2.75) is 26.4 Å². The standard InChI is InChI=1S/C19H23N3OS.HI/c1-4-12-20-19(21-13-11-18-6-5-14-24-18)22-16-7-9-17(10-8-16)23-15(2)3;/h1,5-10,14-15H,11-13H2,2-3H3,(H2,20,21,22);1H. The van der Waals surface area contributed by atoms with E-state index >= 15 is 0 Å². The Hall–Kier alpha value is -1.72. The average Bonchev–Trinajstić information content (AvgIpc) is 3.07. The number of halogens is 1. The maximum Gasteiger partial charge on any atom is 0.196 e. The molecule has 1 heterocycles. The van der Waals surface area contributed by atoms with Crippen LogP contribution < -0.4 is 15.4 Å². The quantitative estimate of drug-likeness (QED) is 0.274. The van der Waals surface area contributed by atoms with Crippen LogP contribution in [0.3, 0.4) is 0 Å². The van der Waals surface area contributed by atoms with Crippen LogP contribution in [-0.4, -0.2) is 25.2 Å². The molecule has 0 aliphatic carbocycles. The average molecular weight is 469 g/mol. The first-order chi connectivity index (χ1) is 11.7. The van der Waals surface area contributed by atoms with Crippen molar-refractivity contribution in [3.05, 3.63) is 46.7 Å². The summed E-state index contributed by atoms with van der Waals surface area (Å²) in [5, 5.41) is 8.46. The first-order valence-electron chi connectivity index (χ1n) is 7.95. The van der Waals surface area contributed by atoms with Crippen molar-refractivity contribution in [3.8, 4) is 18.1 Å². The van der Waals surface area contributed by atoms with Crippen LogP contribution in [0.1, 0.15) is 18.7 Å². The van der Waals surface area contributed by atoms with Crippen LogP contribution in [0.25, 0.3) is 0 Å². The fraction of sp³-hybridized carbons (Fsp3) is 0.316. The summed E-state index contributed by atoms with van der Waals surface area (Å²) in [5.41, 5.74) is 0.936. The summed E-state index contributed by atoms with van der Waals surface area (Å²) in [6, 6.07) is 12.0. The third-order valence-electron chi connectivity index (χ3n) is 3.05. The summed E-state index contributed by atoms with van der Waals surface area (Å²) in [6.07, 6.45) is 6.41. The summed E-state index contributed by atoms with van der Waals surface area (Å²) >= 11 is 1.75. The van der Waals surface area contributed by atoms with Gasteiger partial charge in [0, 0.05) is 23.5 Å². The van der Waals surface area contributed by atoms with Crippen LogP contribution in [0.4, 0.5) is 5.69 Å². The Labute approximate surface area is 171 Å². The molecule has 1 aromatic carbocycles. The monoisotopic (exact) mass is 469 g/mol. The number of nitrogens with one attached hydrogen (secondary N) is 2. The van der Waals surface area contributed by atoms with Crippen molar-refractivity contribution in [2.75, 3.05) is 18.4 Å². The molecule has 2 N–H and O–H groups in total. The fourth-order valence-electron chi connectivity index (χ4n) is 2.03. The molecule has 0 amide bonds. The Morgan fingerprint density at radius 1 is 1.28 bits per heavy atom. The molecule has 0 saturated carbocycles. The zero-order chi connectivity index (χ0) is 17.2. The second-order valence-electron chi connectivity index (χ2n) is 5.43. The number of benzene rings is 1. The summed E-state index contributed by atoms with van der Waals surface area (Å²) in [7, 11) is 0. The summed E-state index contributed by atoms with van der Waals surface area (Å²) in [6.45, 7) is 5.15. The van der Waals surface area contributed by atoms with Gasteiger partial charge in [-0.2, -0.15) is 0 Å². The number of anilines is 1. The molecule has 2 rings (SSSR count). The van der Waals surface area contributed by atoms with Gasteiger partial charge in [0.05, 0.1) is 12.6 Å². The van der Waals surface area contributed by atoms with Gasteiger partial charge in [-0.1, -0.05) is 12.0 Å². The Bertz CT molecular complexity index is 676. The van der Waals surface area contributed by atoms with Gasteiger partial charge in [0.2, 0.25) is 0 Å². The zero-order valence-corrected chi connectivity index (χ0v) is 17.6. The molecule has 2 aromatic rings. The van der Waals surface area contributed by atoms with Crippen molar-refractivity contribution in [1.82, 2.24) is 5.32 Å². The van der Waals surface area contributed by atoms with E-state index in [0.717, 1.165) is 17.9 Å². The molecule has 4 nitrogen and oxygen atoms in total. The summed E-state index contributed by atoms with van der Waals surface area (Å²) < 4.78 is 5.65. The lowest BCUT2D eigenvalue weighted by Crippen LogP contribution is -2.31. The Morgan fingerprint density at radius 3 is 2.64 bits per heavy atom. The van der Waals surface area contributed by atoms with Gasteiger partial charge in [0.25, 0.3) is 0 Å². The highest BCUT2D eigenvalue weighted by molar-refractivity contribution is 14.0. The lowest BCUT2D eigenvalue weighted by atomic mass is 10.3. The number of guanidine groups is 1. The number of rotatable bonds is 7.